The van der Waals surface area contributed by atoms with Crippen LogP contribution in [0.2, 0.25) is 0 Å². The molecule has 0 aromatic rings. The Morgan fingerprint density at radius 2 is 1.77 bits per heavy atom. The first-order valence-corrected chi connectivity index (χ1v) is 3.85. The van der Waals surface area contributed by atoms with E-state index in [1.165, 1.54) is 0 Å². The topological polar surface area (TPSA) is 72.8 Å². The maximum atomic E-state index is 10.8. The largest absolute Gasteiger partial charge is 0.467 e. The van der Waals surface area contributed by atoms with Crippen molar-refractivity contribution in [3.05, 3.63) is 0 Å². The van der Waals surface area contributed by atoms with Gasteiger partial charge >= 0.3 is 11.9 Å². The highest BCUT2D eigenvalue weighted by Gasteiger charge is 2.47. The lowest BCUT2D eigenvalue weighted by atomic mass is 10.2. The van der Waals surface area contributed by atoms with Gasteiger partial charge in [0.25, 0.3) is 4.33 Å². The van der Waals surface area contributed by atoms with E-state index in [4.69, 9.17) is 28.3 Å². The molecule has 0 bridgehead atoms. The molecule has 0 aliphatic carbocycles. The van der Waals surface area contributed by atoms with Crippen LogP contribution in [0.25, 0.3) is 0 Å². The minimum Gasteiger partial charge on any atom is -0.467 e. The van der Waals surface area contributed by atoms with Crippen molar-refractivity contribution in [1.82, 2.24) is 0 Å². The minimum absolute atomic E-state index is 1.02. The van der Waals surface area contributed by atoms with Crippen LogP contribution in [0.5, 0.6) is 0 Å². The van der Waals surface area contributed by atoms with Gasteiger partial charge in [-0.1, -0.05) is 23.2 Å². The number of esters is 2. The van der Waals surface area contributed by atoms with E-state index in [1.807, 2.05) is 0 Å². The van der Waals surface area contributed by atoms with Gasteiger partial charge in [0.05, 0.1) is 14.2 Å². The summed E-state index contributed by atoms with van der Waals surface area (Å²) >= 11 is 10.7. The lowest BCUT2D eigenvalue weighted by Crippen LogP contribution is -2.45. The van der Waals surface area contributed by atoms with Gasteiger partial charge in [-0.15, -0.1) is 0 Å². The molecule has 0 aromatic carbocycles. The van der Waals surface area contributed by atoms with E-state index in [0.29, 0.717) is 0 Å². The zero-order valence-electron chi connectivity index (χ0n) is 6.91. The van der Waals surface area contributed by atoms with Gasteiger partial charge in [0.1, 0.15) is 0 Å². The van der Waals surface area contributed by atoms with Gasteiger partial charge in [0.2, 0.25) is 0 Å². The van der Waals surface area contributed by atoms with Crippen molar-refractivity contribution in [2.75, 3.05) is 14.2 Å². The fraction of sp³-hybridized carbons (Fsp3) is 0.667. The Bertz CT molecular complexity index is 215. The van der Waals surface area contributed by atoms with Gasteiger partial charge in [-0.2, -0.15) is 0 Å². The van der Waals surface area contributed by atoms with E-state index in [1.54, 1.807) is 0 Å². The summed E-state index contributed by atoms with van der Waals surface area (Å²) in [4.78, 5) is 21.6. The molecule has 1 N–H and O–H groups in total. The molecular weight excluding hydrogens is 223 g/mol. The van der Waals surface area contributed by atoms with Crippen molar-refractivity contribution in [3.8, 4) is 0 Å². The molecule has 0 amide bonds. The Morgan fingerprint density at radius 3 is 2.08 bits per heavy atom. The van der Waals surface area contributed by atoms with Crippen molar-refractivity contribution in [2.24, 2.45) is 0 Å². The molecule has 13 heavy (non-hydrogen) atoms. The molecule has 0 spiro atoms. The van der Waals surface area contributed by atoms with Crippen LogP contribution in [0.15, 0.2) is 0 Å². The van der Waals surface area contributed by atoms with Gasteiger partial charge in [-0.05, 0) is 0 Å². The number of hydrogen-bond acceptors (Lipinski definition) is 5. The van der Waals surface area contributed by atoms with Crippen molar-refractivity contribution in [2.45, 2.75) is 10.4 Å². The Morgan fingerprint density at radius 1 is 1.31 bits per heavy atom. The fourth-order valence-corrected chi connectivity index (χ4v) is 0.840. The van der Waals surface area contributed by atoms with Crippen LogP contribution >= 0.6 is 23.2 Å². The molecule has 1 unspecified atom stereocenters. The van der Waals surface area contributed by atoms with E-state index in [2.05, 4.69) is 9.47 Å². The predicted octanol–water partition coefficient (Wildman–Crippen LogP) is -0.133. The number of carbonyl (C=O) groups excluding carboxylic acids is 2. The second-order valence-corrected chi connectivity index (χ2v) is 3.43. The highest BCUT2D eigenvalue weighted by molar-refractivity contribution is 6.59. The van der Waals surface area contributed by atoms with Crippen LogP contribution in [0.4, 0.5) is 0 Å². The summed E-state index contributed by atoms with van der Waals surface area (Å²) in [5.74, 6) is -2.25. The molecule has 0 rings (SSSR count). The first kappa shape index (κ1) is 12.5. The van der Waals surface area contributed by atoms with Gasteiger partial charge in [-0.25, -0.2) is 9.59 Å². The summed E-state index contributed by atoms with van der Waals surface area (Å²) in [6.45, 7) is 0. The Kier molecular flexibility index (Phi) is 4.46. The summed E-state index contributed by atoms with van der Waals surface area (Å²) < 4.78 is 5.94. The summed E-state index contributed by atoms with van der Waals surface area (Å²) in [5, 5.41) is 9.11. The van der Waals surface area contributed by atoms with E-state index < -0.39 is 22.4 Å². The normalized spacial score (nSPS) is 13.3. The van der Waals surface area contributed by atoms with Crippen molar-refractivity contribution < 1.29 is 24.2 Å². The molecule has 0 radical (unpaired) electrons. The van der Waals surface area contributed by atoms with Crippen LogP contribution in [0.3, 0.4) is 0 Å². The molecule has 0 fully saturated rings. The quantitative estimate of drug-likeness (QED) is 0.540. The predicted molar refractivity (Wildman–Crippen MR) is 44.5 cm³/mol. The van der Waals surface area contributed by atoms with Crippen LogP contribution in [-0.2, 0) is 19.1 Å². The first-order chi connectivity index (χ1) is 5.87. The van der Waals surface area contributed by atoms with Crippen molar-refractivity contribution in [3.63, 3.8) is 0 Å². The number of alkyl halides is 2. The third kappa shape index (κ3) is 2.72. The Balaban J connectivity index is 4.62. The highest BCUT2D eigenvalue weighted by atomic mass is 35.5. The van der Waals surface area contributed by atoms with E-state index in [9.17, 15) is 9.59 Å². The zero-order valence-corrected chi connectivity index (χ0v) is 8.43. The number of ether oxygens (including phenoxy) is 2. The molecule has 0 aliphatic heterocycles. The molecule has 0 aliphatic rings. The molecule has 0 aromatic heterocycles. The molecule has 5 nitrogen and oxygen atoms in total. The summed E-state index contributed by atoms with van der Waals surface area (Å²) in [7, 11) is 2.04. The summed E-state index contributed by atoms with van der Waals surface area (Å²) in [6, 6.07) is 0. The third-order valence-corrected chi connectivity index (χ3v) is 1.95. The van der Waals surface area contributed by atoms with E-state index in [0.717, 1.165) is 14.2 Å². The standard InChI is InChI=1S/C6H8Cl2O5/c1-12-4(10)3(9)6(7,8)5(11)13-2/h3,9H,1-2H3. The Hall–Kier alpha value is -0.520. The smallest absolute Gasteiger partial charge is 0.345 e. The number of rotatable bonds is 3. The number of aliphatic hydroxyl groups is 1. The third-order valence-electron chi connectivity index (χ3n) is 1.23. The van der Waals surface area contributed by atoms with Crippen LogP contribution in [-0.4, -0.2) is 41.7 Å². The van der Waals surface area contributed by atoms with Crippen LogP contribution < -0.4 is 0 Å². The lowest BCUT2D eigenvalue weighted by molar-refractivity contribution is -0.157. The maximum absolute atomic E-state index is 10.8. The van der Waals surface area contributed by atoms with E-state index >= 15 is 0 Å². The zero-order chi connectivity index (χ0) is 10.6. The monoisotopic (exact) mass is 230 g/mol. The minimum atomic E-state index is -2.35. The second kappa shape index (κ2) is 4.64. The van der Waals surface area contributed by atoms with Gasteiger partial charge in [-0.3, -0.25) is 0 Å². The lowest BCUT2D eigenvalue weighted by Gasteiger charge is -2.20. The van der Waals surface area contributed by atoms with Crippen LogP contribution in [0, 0.1) is 0 Å². The fourth-order valence-electron chi connectivity index (χ4n) is 0.507. The SMILES string of the molecule is COC(=O)C(O)C(Cl)(Cl)C(=O)OC. The molecule has 0 saturated heterocycles. The number of halogens is 2. The number of methoxy groups -OCH3 is 2. The van der Waals surface area contributed by atoms with Crippen LogP contribution in [0.1, 0.15) is 0 Å². The average molecular weight is 231 g/mol. The summed E-state index contributed by atoms with van der Waals surface area (Å²) in [5.41, 5.74) is 0. The molecule has 76 valence electrons. The second-order valence-electron chi connectivity index (χ2n) is 2.04. The van der Waals surface area contributed by atoms with Gasteiger partial charge in [0, 0.05) is 0 Å². The maximum Gasteiger partial charge on any atom is 0.345 e. The van der Waals surface area contributed by atoms with E-state index in [-0.39, 0.29) is 0 Å². The number of carbonyl (C=O) groups is 2. The first-order valence-electron chi connectivity index (χ1n) is 3.10. The van der Waals surface area contributed by atoms with Crippen molar-refractivity contribution in [1.29, 1.82) is 0 Å². The molecule has 7 heteroatoms. The number of aliphatic hydroxyl groups excluding tert-OH is 1. The molecule has 1 atom stereocenters. The highest BCUT2D eigenvalue weighted by Crippen LogP contribution is 2.27. The Labute approximate surface area is 84.5 Å². The van der Waals surface area contributed by atoms with Gasteiger partial charge < -0.3 is 14.6 Å². The van der Waals surface area contributed by atoms with Crippen molar-refractivity contribution >= 4 is 35.1 Å². The summed E-state index contributed by atoms with van der Waals surface area (Å²) in [6.07, 6.45) is -1.98. The number of hydrogen-bond donors (Lipinski definition) is 1. The van der Waals surface area contributed by atoms with Gasteiger partial charge in [0.15, 0.2) is 6.10 Å². The molecule has 0 heterocycles. The molecule has 0 saturated carbocycles. The molecular formula is C6H8Cl2O5. The average Bonchev–Trinajstić information content (AvgIpc) is 2.13.